The van der Waals surface area contributed by atoms with Crippen LogP contribution in [0.2, 0.25) is 0 Å². The molecule has 0 radical (unpaired) electrons. The molecule has 0 unspecified atom stereocenters. The first-order valence-corrected chi connectivity index (χ1v) is 29.4. The van der Waals surface area contributed by atoms with Gasteiger partial charge in [0, 0.05) is 0 Å². The standard InChI is InChI=1S/C84H54/c1-5-25-59(26-6-1)83(60-27-7-2-8-28-60)75-43-23-21-33-63(75)65-51-49-57(53-77(65)83)81-71-39-17-13-35-67(71)79(68-36-14-18-40-72(68)81)55-45-47-56(48-46-55)80-69-37-15-19-41-73(69)82(74-42-20-16-38-70(74)80)58-50-52-66-64-34-22-24-44-76(64)84(78(66)54-58,61-29-9-3-10-30-61)62-31-11-4-12-32-62/h1-54H. The minimum absolute atomic E-state index is 0.498. The van der Waals surface area contributed by atoms with Crippen LogP contribution in [0.5, 0.6) is 0 Å². The van der Waals surface area contributed by atoms with E-state index in [0.29, 0.717) is 0 Å². The minimum Gasteiger partial charge on any atom is -0.0622 e. The maximum Gasteiger partial charge on any atom is 0.0713 e. The third-order valence-corrected chi connectivity index (χ3v) is 18.8. The maximum atomic E-state index is 2.52. The van der Waals surface area contributed by atoms with Crippen LogP contribution in [0.15, 0.2) is 328 Å². The molecular formula is C84H54. The van der Waals surface area contributed by atoms with Crippen molar-refractivity contribution in [2.75, 3.05) is 0 Å². The van der Waals surface area contributed by atoms with Crippen molar-refractivity contribution in [3.05, 3.63) is 372 Å². The van der Waals surface area contributed by atoms with Crippen LogP contribution in [0.25, 0.3) is 110 Å². The highest BCUT2D eigenvalue weighted by atomic mass is 14.5. The molecule has 0 spiro atoms. The molecule has 15 aromatic carbocycles. The number of rotatable bonds is 8. The lowest BCUT2D eigenvalue weighted by molar-refractivity contribution is 0.769. The van der Waals surface area contributed by atoms with Crippen LogP contribution in [-0.4, -0.2) is 0 Å². The van der Waals surface area contributed by atoms with Crippen LogP contribution >= 0.6 is 0 Å². The summed E-state index contributed by atoms with van der Waals surface area (Å²) >= 11 is 0. The molecule has 0 nitrogen and oxygen atoms in total. The number of fused-ring (bicyclic) bond motifs is 10. The molecular weight excluding hydrogens is 1010 g/mol. The van der Waals surface area contributed by atoms with Crippen LogP contribution in [-0.2, 0) is 10.8 Å². The number of benzene rings is 15. The fourth-order valence-corrected chi connectivity index (χ4v) is 15.5. The van der Waals surface area contributed by atoms with Gasteiger partial charge in [0.25, 0.3) is 0 Å². The van der Waals surface area contributed by atoms with E-state index in [1.807, 2.05) is 0 Å². The van der Waals surface area contributed by atoms with E-state index in [1.54, 1.807) is 0 Å². The fraction of sp³-hybridized carbons (Fsp3) is 0.0238. The fourth-order valence-electron chi connectivity index (χ4n) is 15.5. The van der Waals surface area contributed by atoms with Crippen molar-refractivity contribution in [3.63, 3.8) is 0 Å². The topological polar surface area (TPSA) is 0 Å². The summed E-state index contributed by atoms with van der Waals surface area (Å²) in [5.74, 6) is 0. The van der Waals surface area contributed by atoms with Gasteiger partial charge in [-0.3, -0.25) is 0 Å². The van der Waals surface area contributed by atoms with Crippen LogP contribution in [0.3, 0.4) is 0 Å². The van der Waals surface area contributed by atoms with Gasteiger partial charge < -0.3 is 0 Å². The molecule has 0 saturated heterocycles. The van der Waals surface area contributed by atoms with Crippen molar-refractivity contribution in [1.29, 1.82) is 0 Å². The highest BCUT2D eigenvalue weighted by Gasteiger charge is 2.48. The average molecular weight is 1060 g/mol. The van der Waals surface area contributed by atoms with E-state index < -0.39 is 10.8 Å². The maximum absolute atomic E-state index is 2.52. The van der Waals surface area contributed by atoms with Crippen molar-refractivity contribution in [3.8, 4) is 66.8 Å². The van der Waals surface area contributed by atoms with Gasteiger partial charge in [-0.2, -0.15) is 0 Å². The van der Waals surface area contributed by atoms with Gasteiger partial charge in [-0.25, -0.2) is 0 Å². The molecule has 0 N–H and O–H groups in total. The molecule has 0 heteroatoms. The molecule has 0 aliphatic heterocycles. The minimum atomic E-state index is -0.498. The van der Waals surface area contributed by atoms with E-state index in [9.17, 15) is 0 Å². The molecule has 15 aromatic rings. The Balaban J connectivity index is 0.825. The van der Waals surface area contributed by atoms with Gasteiger partial charge in [0.1, 0.15) is 0 Å². The van der Waals surface area contributed by atoms with Crippen molar-refractivity contribution in [2.24, 2.45) is 0 Å². The lowest BCUT2D eigenvalue weighted by Crippen LogP contribution is -2.28. The van der Waals surface area contributed by atoms with E-state index in [0.717, 1.165) is 0 Å². The molecule has 0 aromatic heterocycles. The Labute approximate surface area is 489 Å². The third-order valence-electron chi connectivity index (χ3n) is 18.8. The molecule has 0 heterocycles. The zero-order valence-electron chi connectivity index (χ0n) is 46.2. The van der Waals surface area contributed by atoms with Gasteiger partial charge in [-0.15, -0.1) is 0 Å². The predicted molar refractivity (Wildman–Crippen MR) is 353 cm³/mol. The van der Waals surface area contributed by atoms with E-state index in [4.69, 9.17) is 0 Å². The van der Waals surface area contributed by atoms with Crippen LogP contribution < -0.4 is 0 Å². The van der Waals surface area contributed by atoms with Crippen LogP contribution in [0, 0.1) is 0 Å². The molecule has 2 aliphatic rings. The van der Waals surface area contributed by atoms with Crippen LogP contribution in [0.4, 0.5) is 0 Å². The summed E-state index contributed by atoms with van der Waals surface area (Å²) in [5.41, 5.74) is 24.3. The summed E-state index contributed by atoms with van der Waals surface area (Å²) < 4.78 is 0. The molecule has 2 aliphatic carbocycles. The summed E-state index contributed by atoms with van der Waals surface area (Å²) in [4.78, 5) is 0. The van der Waals surface area contributed by atoms with Gasteiger partial charge in [0.2, 0.25) is 0 Å². The highest BCUT2D eigenvalue weighted by Crippen LogP contribution is 2.59. The smallest absolute Gasteiger partial charge is 0.0622 e. The van der Waals surface area contributed by atoms with Crippen molar-refractivity contribution in [1.82, 2.24) is 0 Å². The van der Waals surface area contributed by atoms with Gasteiger partial charge in [0.05, 0.1) is 10.8 Å². The van der Waals surface area contributed by atoms with Crippen LogP contribution in [0.1, 0.15) is 44.5 Å². The molecule has 0 amide bonds. The quantitative estimate of drug-likeness (QED) is 0.133. The van der Waals surface area contributed by atoms with E-state index in [1.165, 1.54) is 154 Å². The number of hydrogen-bond acceptors (Lipinski definition) is 0. The summed E-state index contributed by atoms with van der Waals surface area (Å²) in [6.45, 7) is 0. The Kier molecular flexibility index (Phi) is 10.9. The van der Waals surface area contributed by atoms with Crippen molar-refractivity contribution in [2.45, 2.75) is 10.8 Å². The molecule has 390 valence electrons. The van der Waals surface area contributed by atoms with Crippen molar-refractivity contribution >= 4 is 43.1 Å². The molecule has 0 saturated carbocycles. The lowest BCUT2D eigenvalue weighted by Gasteiger charge is -2.34. The Morgan fingerprint density at radius 3 is 0.655 bits per heavy atom. The first-order valence-electron chi connectivity index (χ1n) is 29.4. The first-order chi connectivity index (χ1) is 41.7. The second kappa shape index (κ2) is 19.0. The van der Waals surface area contributed by atoms with E-state index >= 15 is 0 Å². The Bertz CT molecular complexity index is 4580. The lowest BCUT2D eigenvalue weighted by atomic mass is 9.67. The Hall–Kier alpha value is -10.7. The summed E-state index contributed by atoms with van der Waals surface area (Å²) in [6.07, 6.45) is 0. The second-order valence-electron chi connectivity index (χ2n) is 22.8. The molecule has 17 rings (SSSR count). The monoisotopic (exact) mass is 1060 g/mol. The van der Waals surface area contributed by atoms with Gasteiger partial charge in [0.15, 0.2) is 0 Å². The summed E-state index contributed by atoms with van der Waals surface area (Å²) in [7, 11) is 0. The van der Waals surface area contributed by atoms with Gasteiger partial charge in [-0.05, 0) is 166 Å². The summed E-state index contributed by atoms with van der Waals surface area (Å²) in [6, 6.07) is 123. The average Bonchev–Trinajstić information content (AvgIpc) is 2.00. The Morgan fingerprint density at radius 2 is 0.369 bits per heavy atom. The largest absolute Gasteiger partial charge is 0.0713 e. The zero-order chi connectivity index (χ0) is 55.3. The first kappa shape index (κ1) is 48.1. The Morgan fingerprint density at radius 1 is 0.155 bits per heavy atom. The molecule has 0 fully saturated rings. The van der Waals surface area contributed by atoms with Gasteiger partial charge >= 0.3 is 0 Å². The molecule has 0 atom stereocenters. The van der Waals surface area contributed by atoms with E-state index in [2.05, 4.69) is 328 Å². The third kappa shape index (κ3) is 6.83. The number of hydrogen-bond donors (Lipinski definition) is 0. The van der Waals surface area contributed by atoms with Gasteiger partial charge in [-0.1, -0.05) is 315 Å². The van der Waals surface area contributed by atoms with Crippen molar-refractivity contribution < 1.29 is 0 Å². The SMILES string of the molecule is c1ccc(C2(c3ccccc3)c3ccccc3-c3ccc(-c4c5ccccc5c(-c5ccc(-c6c7ccccc7c(-c7ccc8c(c7)C(c7ccccc7)(c7ccccc7)c7ccccc7-8)c7ccccc67)cc5)c5ccccc45)cc32)cc1. The second-order valence-corrected chi connectivity index (χ2v) is 22.8. The predicted octanol–water partition coefficient (Wildman–Crippen LogP) is 21.7. The normalized spacial score (nSPS) is 13.4. The molecule has 84 heavy (non-hydrogen) atoms. The highest BCUT2D eigenvalue weighted by molar-refractivity contribution is 6.23. The zero-order valence-corrected chi connectivity index (χ0v) is 46.2. The van der Waals surface area contributed by atoms with E-state index in [-0.39, 0.29) is 0 Å². The molecule has 0 bridgehead atoms. The summed E-state index contributed by atoms with van der Waals surface area (Å²) in [5, 5.41) is 9.91.